The Morgan fingerprint density at radius 2 is 1.06 bits per heavy atom. The van der Waals surface area contributed by atoms with Gasteiger partial charge in [-0.3, -0.25) is 0 Å². The van der Waals surface area contributed by atoms with Gasteiger partial charge in [0, 0.05) is 0 Å². The summed E-state index contributed by atoms with van der Waals surface area (Å²) in [4.78, 5) is 0. The lowest BCUT2D eigenvalue weighted by molar-refractivity contribution is 0.299. The van der Waals surface area contributed by atoms with Crippen molar-refractivity contribution in [3.63, 3.8) is 0 Å². The summed E-state index contributed by atoms with van der Waals surface area (Å²) in [6, 6.07) is 0. The number of phenolic OH excluding ortho intramolecular Hbond substituents is 1. The quantitative estimate of drug-likeness (QED) is 0.884. The lowest BCUT2D eigenvalue weighted by atomic mass is 10.2. The fourth-order valence-electron chi connectivity index (χ4n) is 1.36. The Hall–Kier alpha value is -1.49. The molecule has 5 nitrogen and oxygen atoms in total. The predicted octanol–water partition coefficient (Wildman–Crippen LogP) is 2.08. The van der Waals surface area contributed by atoms with Crippen LogP contribution in [0.5, 0.6) is 28.7 Å². The van der Waals surface area contributed by atoms with Gasteiger partial charge in [0.25, 0.3) is 0 Å². The second-order valence-corrected chi connectivity index (χ2v) is 3.17. The molecular formula is C10H13ClO5. The first kappa shape index (κ1) is 12.6. The van der Waals surface area contributed by atoms with E-state index in [-0.39, 0.29) is 33.8 Å². The minimum atomic E-state index is -0.219. The second kappa shape index (κ2) is 5.03. The van der Waals surface area contributed by atoms with Crippen LogP contribution in [0.4, 0.5) is 0 Å². The molecule has 0 saturated carbocycles. The number of hydrogen-bond donors (Lipinski definition) is 1. The highest BCUT2D eigenvalue weighted by atomic mass is 35.5. The van der Waals surface area contributed by atoms with Crippen molar-refractivity contribution >= 4 is 11.6 Å². The van der Waals surface area contributed by atoms with Crippen LogP contribution in [0.3, 0.4) is 0 Å². The fourth-order valence-corrected chi connectivity index (χ4v) is 1.69. The van der Waals surface area contributed by atoms with E-state index < -0.39 is 0 Å². The summed E-state index contributed by atoms with van der Waals surface area (Å²) in [5.41, 5.74) is 0. The molecule has 90 valence electrons. The normalized spacial score (nSPS) is 9.81. The molecule has 0 atom stereocenters. The van der Waals surface area contributed by atoms with Crippen molar-refractivity contribution < 1.29 is 24.1 Å². The van der Waals surface area contributed by atoms with Gasteiger partial charge in [0.05, 0.1) is 28.4 Å². The molecule has 0 aromatic heterocycles. The molecular weight excluding hydrogens is 236 g/mol. The van der Waals surface area contributed by atoms with Crippen molar-refractivity contribution in [3.8, 4) is 28.7 Å². The van der Waals surface area contributed by atoms with E-state index in [9.17, 15) is 5.11 Å². The molecule has 0 radical (unpaired) electrons. The van der Waals surface area contributed by atoms with Crippen molar-refractivity contribution in [3.05, 3.63) is 5.02 Å². The van der Waals surface area contributed by atoms with Crippen LogP contribution in [-0.4, -0.2) is 33.5 Å². The lowest BCUT2D eigenvalue weighted by Gasteiger charge is -2.17. The van der Waals surface area contributed by atoms with Crippen LogP contribution >= 0.6 is 11.6 Å². The van der Waals surface area contributed by atoms with Crippen LogP contribution in [-0.2, 0) is 0 Å². The summed E-state index contributed by atoms with van der Waals surface area (Å²) in [5.74, 6) is 0.372. The number of aromatic hydroxyl groups is 1. The maximum atomic E-state index is 9.87. The van der Waals surface area contributed by atoms with Gasteiger partial charge in [-0.25, -0.2) is 0 Å². The van der Waals surface area contributed by atoms with E-state index in [4.69, 9.17) is 30.5 Å². The molecule has 0 amide bonds. The molecule has 0 unspecified atom stereocenters. The third kappa shape index (κ3) is 1.78. The summed E-state index contributed by atoms with van der Waals surface area (Å²) < 4.78 is 20.1. The lowest BCUT2D eigenvalue weighted by Crippen LogP contribution is -1.98. The zero-order valence-electron chi connectivity index (χ0n) is 9.46. The minimum Gasteiger partial charge on any atom is -0.501 e. The zero-order chi connectivity index (χ0) is 12.3. The van der Waals surface area contributed by atoms with E-state index in [0.29, 0.717) is 0 Å². The first-order valence-corrected chi connectivity index (χ1v) is 4.74. The molecule has 1 N–H and O–H groups in total. The molecule has 1 rings (SSSR count). The Labute approximate surface area is 98.4 Å². The van der Waals surface area contributed by atoms with E-state index in [1.54, 1.807) is 0 Å². The summed E-state index contributed by atoms with van der Waals surface area (Å²) in [7, 11) is 5.60. The Balaban J connectivity index is 3.60. The topological polar surface area (TPSA) is 57.2 Å². The van der Waals surface area contributed by atoms with Crippen LogP contribution in [0.25, 0.3) is 0 Å². The van der Waals surface area contributed by atoms with E-state index in [1.807, 2.05) is 0 Å². The highest BCUT2D eigenvalue weighted by molar-refractivity contribution is 6.34. The Kier molecular flexibility index (Phi) is 3.95. The van der Waals surface area contributed by atoms with Crippen molar-refractivity contribution in [1.29, 1.82) is 0 Å². The highest BCUT2D eigenvalue weighted by Gasteiger charge is 2.26. The smallest absolute Gasteiger partial charge is 0.208 e. The first-order valence-electron chi connectivity index (χ1n) is 4.36. The van der Waals surface area contributed by atoms with Crippen LogP contribution in [0.15, 0.2) is 0 Å². The molecule has 0 bridgehead atoms. The molecule has 0 spiro atoms. The van der Waals surface area contributed by atoms with Crippen molar-refractivity contribution in [2.45, 2.75) is 0 Å². The largest absolute Gasteiger partial charge is 0.501 e. The average Bonchev–Trinajstić information content (AvgIpc) is 2.30. The molecule has 0 aliphatic rings. The monoisotopic (exact) mass is 248 g/mol. The Bertz CT molecular complexity index is 321. The number of benzene rings is 1. The summed E-state index contributed by atoms with van der Waals surface area (Å²) >= 11 is 6.03. The Morgan fingerprint density at radius 1 is 0.750 bits per heavy atom. The molecule has 1 aromatic rings. The minimum absolute atomic E-state index is 0.102. The van der Waals surface area contributed by atoms with E-state index in [2.05, 4.69) is 0 Å². The van der Waals surface area contributed by atoms with Crippen LogP contribution < -0.4 is 18.9 Å². The fraction of sp³-hybridized carbons (Fsp3) is 0.400. The summed E-state index contributed by atoms with van der Waals surface area (Å²) in [6.45, 7) is 0. The second-order valence-electron chi connectivity index (χ2n) is 2.80. The van der Waals surface area contributed by atoms with Crippen LogP contribution in [0.2, 0.25) is 5.02 Å². The molecule has 0 aliphatic heterocycles. The van der Waals surface area contributed by atoms with Gasteiger partial charge in [-0.2, -0.15) is 0 Å². The van der Waals surface area contributed by atoms with Crippen molar-refractivity contribution in [2.75, 3.05) is 28.4 Å². The highest BCUT2D eigenvalue weighted by Crippen LogP contribution is 2.54. The summed E-state index contributed by atoms with van der Waals surface area (Å²) in [5, 5.41) is 10.0. The van der Waals surface area contributed by atoms with Gasteiger partial charge in [-0.05, 0) is 0 Å². The predicted molar refractivity (Wildman–Crippen MR) is 59.3 cm³/mol. The van der Waals surface area contributed by atoms with Crippen LogP contribution in [0.1, 0.15) is 0 Å². The zero-order valence-corrected chi connectivity index (χ0v) is 10.2. The maximum absolute atomic E-state index is 9.87. The number of phenols is 1. The molecule has 6 heteroatoms. The molecule has 0 heterocycles. The van der Waals surface area contributed by atoms with E-state index in [1.165, 1.54) is 28.4 Å². The number of halogens is 1. The van der Waals surface area contributed by atoms with Gasteiger partial charge in [0.15, 0.2) is 11.5 Å². The van der Waals surface area contributed by atoms with Crippen molar-refractivity contribution in [1.82, 2.24) is 0 Å². The van der Waals surface area contributed by atoms with Gasteiger partial charge in [-0.1, -0.05) is 11.6 Å². The molecule has 0 aliphatic carbocycles. The van der Waals surface area contributed by atoms with Gasteiger partial charge in [0.2, 0.25) is 17.2 Å². The van der Waals surface area contributed by atoms with E-state index >= 15 is 0 Å². The molecule has 0 saturated heterocycles. The SMILES string of the molecule is COc1c(O)c(OC)c(OC)c(Cl)c1OC. The molecule has 0 fully saturated rings. The average molecular weight is 249 g/mol. The third-order valence-corrected chi connectivity index (χ3v) is 2.40. The number of methoxy groups -OCH3 is 4. The number of ether oxygens (including phenoxy) is 4. The standard InChI is InChI=1S/C10H13ClO5/c1-13-7-5(11)8(14-2)10(16-4)6(12)9(7)15-3/h12H,1-4H3. The first-order chi connectivity index (χ1) is 7.62. The number of rotatable bonds is 4. The maximum Gasteiger partial charge on any atom is 0.208 e. The van der Waals surface area contributed by atoms with Gasteiger partial charge in [0.1, 0.15) is 5.02 Å². The molecule has 1 aromatic carbocycles. The molecule has 16 heavy (non-hydrogen) atoms. The van der Waals surface area contributed by atoms with Crippen LogP contribution in [0, 0.1) is 0 Å². The Morgan fingerprint density at radius 3 is 1.31 bits per heavy atom. The third-order valence-electron chi connectivity index (χ3n) is 2.06. The van der Waals surface area contributed by atoms with Gasteiger partial charge < -0.3 is 24.1 Å². The number of hydrogen-bond acceptors (Lipinski definition) is 5. The van der Waals surface area contributed by atoms with E-state index in [0.717, 1.165) is 0 Å². The summed E-state index contributed by atoms with van der Waals surface area (Å²) in [6.07, 6.45) is 0. The van der Waals surface area contributed by atoms with Gasteiger partial charge in [-0.15, -0.1) is 0 Å². The van der Waals surface area contributed by atoms with Gasteiger partial charge >= 0.3 is 0 Å². The van der Waals surface area contributed by atoms with Crippen molar-refractivity contribution in [2.24, 2.45) is 0 Å².